The SMILES string of the molecule is Cc1ccc(N)c(C(=O)NCCC(=O)N2CCOCC2)c1. The number of anilines is 1. The standard InChI is InChI=1S/C15H21N3O3/c1-11-2-3-13(16)12(10-11)15(20)17-5-4-14(19)18-6-8-21-9-7-18/h2-3,10H,4-9,16H2,1H3,(H,17,20). The lowest BCUT2D eigenvalue weighted by atomic mass is 10.1. The van der Waals surface area contributed by atoms with Crippen molar-refractivity contribution < 1.29 is 14.3 Å². The Morgan fingerprint density at radius 2 is 2.05 bits per heavy atom. The van der Waals surface area contributed by atoms with Crippen LogP contribution in [0.5, 0.6) is 0 Å². The number of rotatable bonds is 4. The van der Waals surface area contributed by atoms with E-state index in [9.17, 15) is 9.59 Å². The highest BCUT2D eigenvalue weighted by Gasteiger charge is 2.17. The molecular formula is C15H21N3O3. The average molecular weight is 291 g/mol. The average Bonchev–Trinajstić information content (AvgIpc) is 2.50. The van der Waals surface area contributed by atoms with Crippen LogP contribution >= 0.6 is 0 Å². The number of carbonyl (C=O) groups is 2. The van der Waals surface area contributed by atoms with Crippen molar-refractivity contribution in [3.05, 3.63) is 29.3 Å². The van der Waals surface area contributed by atoms with Crippen LogP contribution in [0.1, 0.15) is 22.3 Å². The summed E-state index contributed by atoms with van der Waals surface area (Å²) in [5.74, 6) is -0.207. The molecule has 6 nitrogen and oxygen atoms in total. The third-order valence-corrected chi connectivity index (χ3v) is 3.44. The van der Waals surface area contributed by atoms with Crippen molar-refractivity contribution in [2.75, 3.05) is 38.6 Å². The minimum absolute atomic E-state index is 0.0378. The fourth-order valence-corrected chi connectivity index (χ4v) is 2.22. The molecule has 3 N–H and O–H groups in total. The summed E-state index contributed by atoms with van der Waals surface area (Å²) in [6.07, 6.45) is 0.289. The second-order valence-corrected chi connectivity index (χ2v) is 5.09. The van der Waals surface area contributed by atoms with Gasteiger partial charge in [0.2, 0.25) is 5.91 Å². The van der Waals surface area contributed by atoms with E-state index in [0.29, 0.717) is 44.1 Å². The third-order valence-electron chi connectivity index (χ3n) is 3.44. The number of ether oxygens (including phenoxy) is 1. The molecule has 2 rings (SSSR count). The number of amides is 2. The number of benzene rings is 1. The van der Waals surface area contributed by atoms with Crippen molar-refractivity contribution in [3.63, 3.8) is 0 Å². The molecule has 1 aliphatic heterocycles. The second-order valence-electron chi connectivity index (χ2n) is 5.09. The zero-order chi connectivity index (χ0) is 15.2. The molecule has 0 atom stereocenters. The first kappa shape index (κ1) is 15.3. The van der Waals surface area contributed by atoms with Gasteiger partial charge >= 0.3 is 0 Å². The summed E-state index contributed by atoms with van der Waals surface area (Å²) in [4.78, 5) is 25.7. The Labute approximate surface area is 124 Å². The Bertz CT molecular complexity index is 525. The normalized spacial score (nSPS) is 14.8. The van der Waals surface area contributed by atoms with Crippen molar-refractivity contribution in [2.45, 2.75) is 13.3 Å². The lowest BCUT2D eigenvalue weighted by molar-refractivity contribution is -0.135. The minimum atomic E-state index is -0.244. The Morgan fingerprint density at radius 1 is 1.33 bits per heavy atom. The highest BCUT2D eigenvalue weighted by molar-refractivity contribution is 5.99. The molecular weight excluding hydrogens is 270 g/mol. The molecule has 0 saturated carbocycles. The number of hydrogen-bond donors (Lipinski definition) is 2. The maximum Gasteiger partial charge on any atom is 0.253 e. The van der Waals surface area contributed by atoms with E-state index in [1.54, 1.807) is 17.0 Å². The van der Waals surface area contributed by atoms with E-state index in [1.807, 2.05) is 13.0 Å². The maximum atomic E-state index is 12.0. The summed E-state index contributed by atoms with van der Waals surface area (Å²) in [5.41, 5.74) is 7.65. The fourth-order valence-electron chi connectivity index (χ4n) is 2.22. The smallest absolute Gasteiger partial charge is 0.253 e. The van der Waals surface area contributed by atoms with Crippen LogP contribution in [0, 0.1) is 6.92 Å². The number of aryl methyl sites for hydroxylation is 1. The summed E-state index contributed by atoms with van der Waals surface area (Å²) in [7, 11) is 0. The quantitative estimate of drug-likeness (QED) is 0.794. The molecule has 6 heteroatoms. The molecule has 2 amide bonds. The van der Waals surface area contributed by atoms with Crippen molar-refractivity contribution in [1.29, 1.82) is 0 Å². The van der Waals surface area contributed by atoms with Gasteiger partial charge in [0.25, 0.3) is 5.91 Å². The lowest BCUT2D eigenvalue weighted by Gasteiger charge is -2.26. The van der Waals surface area contributed by atoms with Crippen LogP contribution in [0.2, 0.25) is 0 Å². The molecule has 1 fully saturated rings. The predicted molar refractivity (Wildman–Crippen MR) is 79.9 cm³/mol. The van der Waals surface area contributed by atoms with Gasteiger partial charge in [-0.25, -0.2) is 0 Å². The first-order valence-corrected chi connectivity index (χ1v) is 7.08. The van der Waals surface area contributed by atoms with Crippen LogP contribution in [-0.2, 0) is 9.53 Å². The van der Waals surface area contributed by atoms with Crippen LogP contribution < -0.4 is 11.1 Å². The Morgan fingerprint density at radius 3 is 2.76 bits per heavy atom. The summed E-state index contributed by atoms with van der Waals surface area (Å²) >= 11 is 0. The van der Waals surface area contributed by atoms with Crippen molar-refractivity contribution in [2.24, 2.45) is 0 Å². The van der Waals surface area contributed by atoms with Gasteiger partial charge in [-0.05, 0) is 19.1 Å². The molecule has 0 bridgehead atoms. The Balaban J connectivity index is 1.81. The van der Waals surface area contributed by atoms with Crippen LogP contribution in [0.4, 0.5) is 5.69 Å². The van der Waals surface area contributed by atoms with Gasteiger partial charge in [-0.15, -0.1) is 0 Å². The monoisotopic (exact) mass is 291 g/mol. The Kier molecular flexibility index (Phi) is 5.16. The van der Waals surface area contributed by atoms with Crippen LogP contribution in [0.15, 0.2) is 18.2 Å². The van der Waals surface area contributed by atoms with Gasteiger partial charge in [-0.2, -0.15) is 0 Å². The van der Waals surface area contributed by atoms with E-state index in [2.05, 4.69) is 5.32 Å². The van der Waals surface area contributed by atoms with Gasteiger partial charge < -0.3 is 20.7 Å². The highest BCUT2D eigenvalue weighted by Crippen LogP contribution is 2.13. The lowest BCUT2D eigenvalue weighted by Crippen LogP contribution is -2.42. The highest BCUT2D eigenvalue weighted by atomic mass is 16.5. The largest absolute Gasteiger partial charge is 0.398 e. The van der Waals surface area contributed by atoms with Gasteiger partial charge in [-0.3, -0.25) is 9.59 Å². The number of morpholine rings is 1. The summed E-state index contributed by atoms with van der Waals surface area (Å²) < 4.78 is 5.20. The number of nitrogens with zero attached hydrogens (tertiary/aromatic N) is 1. The van der Waals surface area contributed by atoms with E-state index in [4.69, 9.17) is 10.5 Å². The number of carbonyl (C=O) groups excluding carboxylic acids is 2. The zero-order valence-corrected chi connectivity index (χ0v) is 12.2. The molecule has 0 radical (unpaired) electrons. The van der Waals surface area contributed by atoms with E-state index >= 15 is 0 Å². The molecule has 0 unspecified atom stereocenters. The van der Waals surface area contributed by atoms with Crippen LogP contribution in [-0.4, -0.2) is 49.6 Å². The van der Waals surface area contributed by atoms with Gasteiger partial charge in [0.05, 0.1) is 18.8 Å². The molecule has 21 heavy (non-hydrogen) atoms. The van der Waals surface area contributed by atoms with Gasteiger partial charge in [0, 0.05) is 31.7 Å². The van der Waals surface area contributed by atoms with Crippen LogP contribution in [0.25, 0.3) is 0 Å². The van der Waals surface area contributed by atoms with E-state index in [-0.39, 0.29) is 18.2 Å². The molecule has 0 aromatic heterocycles. The number of hydrogen-bond acceptors (Lipinski definition) is 4. The molecule has 1 aromatic carbocycles. The first-order valence-electron chi connectivity index (χ1n) is 7.08. The molecule has 1 aliphatic rings. The van der Waals surface area contributed by atoms with Crippen molar-refractivity contribution in [3.8, 4) is 0 Å². The molecule has 1 heterocycles. The number of nitrogen functional groups attached to an aromatic ring is 1. The Hall–Kier alpha value is -2.08. The van der Waals surface area contributed by atoms with Gasteiger partial charge in [0.1, 0.15) is 0 Å². The fraction of sp³-hybridized carbons (Fsp3) is 0.467. The zero-order valence-electron chi connectivity index (χ0n) is 12.2. The van der Waals surface area contributed by atoms with Gasteiger partial charge in [0.15, 0.2) is 0 Å². The van der Waals surface area contributed by atoms with Crippen molar-refractivity contribution >= 4 is 17.5 Å². The van der Waals surface area contributed by atoms with Crippen molar-refractivity contribution in [1.82, 2.24) is 10.2 Å². The molecule has 1 aromatic rings. The van der Waals surface area contributed by atoms with Crippen LogP contribution in [0.3, 0.4) is 0 Å². The predicted octanol–water partition coefficient (Wildman–Crippen LogP) is 0.556. The van der Waals surface area contributed by atoms with Gasteiger partial charge in [-0.1, -0.05) is 11.6 Å². The van der Waals surface area contributed by atoms with E-state index in [0.717, 1.165) is 5.56 Å². The first-order chi connectivity index (χ1) is 10.1. The molecule has 0 spiro atoms. The van der Waals surface area contributed by atoms with E-state index < -0.39 is 0 Å². The summed E-state index contributed by atoms with van der Waals surface area (Å²) in [6, 6.07) is 5.31. The molecule has 0 aliphatic carbocycles. The third kappa shape index (κ3) is 4.19. The maximum absolute atomic E-state index is 12.0. The molecule has 114 valence electrons. The topological polar surface area (TPSA) is 84.7 Å². The number of nitrogens with one attached hydrogen (secondary N) is 1. The number of nitrogens with two attached hydrogens (primary N) is 1. The summed E-state index contributed by atoms with van der Waals surface area (Å²) in [6.45, 7) is 4.62. The molecule has 1 saturated heterocycles. The summed E-state index contributed by atoms with van der Waals surface area (Å²) in [5, 5.41) is 2.74. The minimum Gasteiger partial charge on any atom is -0.398 e. The second kappa shape index (κ2) is 7.08. The van der Waals surface area contributed by atoms with E-state index in [1.165, 1.54) is 0 Å².